The van der Waals surface area contributed by atoms with Crippen LogP contribution in [0.1, 0.15) is 11.1 Å². The number of hydrogen-bond acceptors (Lipinski definition) is 5. The molecule has 0 unspecified atom stereocenters. The fourth-order valence-electron chi connectivity index (χ4n) is 3.77. The van der Waals surface area contributed by atoms with Crippen molar-refractivity contribution in [3.8, 4) is 5.75 Å². The second kappa shape index (κ2) is 11.7. The van der Waals surface area contributed by atoms with E-state index in [1.165, 1.54) is 22.5 Å². The first-order valence-electron chi connectivity index (χ1n) is 11.3. The predicted octanol–water partition coefficient (Wildman–Crippen LogP) is 3.97. The Balaban J connectivity index is 1.44. The first-order chi connectivity index (χ1) is 16.9. The van der Waals surface area contributed by atoms with Crippen molar-refractivity contribution in [3.63, 3.8) is 0 Å². The molecule has 184 valence electrons. The summed E-state index contributed by atoms with van der Waals surface area (Å²) in [4.78, 5) is 14.9. The Bertz CT molecular complexity index is 1190. The molecule has 0 radical (unpaired) electrons. The second-order valence-electron chi connectivity index (χ2n) is 8.12. The van der Waals surface area contributed by atoms with Crippen molar-refractivity contribution in [1.82, 2.24) is 9.21 Å². The van der Waals surface area contributed by atoms with Crippen molar-refractivity contribution in [2.24, 2.45) is 0 Å². The van der Waals surface area contributed by atoms with Crippen LogP contribution in [-0.2, 0) is 32.6 Å². The largest absolute Gasteiger partial charge is 0.482 e. The molecule has 3 aromatic rings. The molecule has 9 heteroatoms. The van der Waals surface area contributed by atoms with Gasteiger partial charge in [0.05, 0.1) is 23.1 Å². The zero-order valence-electron chi connectivity index (χ0n) is 19.2. The summed E-state index contributed by atoms with van der Waals surface area (Å²) >= 11 is 6.34. The van der Waals surface area contributed by atoms with E-state index in [1.807, 2.05) is 60.7 Å². The second-order valence-corrected chi connectivity index (χ2v) is 10.5. The van der Waals surface area contributed by atoms with E-state index in [-0.39, 0.29) is 28.2 Å². The lowest BCUT2D eigenvalue weighted by Gasteiger charge is -2.26. The highest BCUT2D eigenvalue weighted by Gasteiger charge is 2.27. The van der Waals surface area contributed by atoms with Gasteiger partial charge in [-0.05, 0) is 29.3 Å². The normalized spacial score (nSPS) is 14.4. The van der Waals surface area contributed by atoms with Gasteiger partial charge in [-0.2, -0.15) is 4.31 Å². The minimum atomic E-state index is -3.68. The molecule has 0 aliphatic carbocycles. The zero-order chi connectivity index (χ0) is 24.7. The molecule has 0 N–H and O–H groups in total. The third kappa shape index (κ3) is 6.61. The van der Waals surface area contributed by atoms with Crippen LogP contribution in [0.2, 0.25) is 5.02 Å². The van der Waals surface area contributed by atoms with Crippen LogP contribution in [0, 0.1) is 0 Å². The van der Waals surface area contributed by atoms with Crippen molar-refractivity contribution in [1.29, 1.82) is 0 Å². The van der Waals surface area contributed by atoms with E-state index in [9.17, 15) is 13.2 Å². The SMILES string of the molecule is O=C(COc1ccc(S(=O)(=O)N2CCOCC2)cc1Cl)N(Cc1ccccc1)Cc1ccccc1. The number of nitrogens with zero attached hydrogens (tertiary/aromatic N) is 2. The van der Waals surface area contributed by atoms with Crippen LogP contribution in [0.15, 0.2) is 83.8 Å². The highest BCUT2D eigenvalue weighted by Crippen LogP contribution is 2.29. The summed E-state index contributed by atoms with van der Waals surface area (Å²) in [5, 5.41) is 0.129. The maximum absolute atomic E-state index is 13.1. The van der Waals surface area contributed by atoms with Crippen molar-refractivity contribution in [2.75, 3.05) is 32.9 Å². The van der Waals surface area contributed by atoms with Gasteiger partial charge in [0.2, 0.25) is 10.0 Å². The third-order valence-electron chi connectivity index (χ3n) is 5.65. The first-order valence-corrected chi connectivity index (χ1v) is 13.1. The first kappa shape index (κ1) is 25.2. The third-order valence-corrected chi connectivity index (χ3v) is 7.84. The summed E-state index contributed by atoms with van der Waals surface area (Å²) in [6.45, 7) is 1.95. The number of carbonyl (C=O) groups excluding carboxylic acids is 1. The minimum Gasteiger partial charge on any atom is -0.482 e. The number of ether oxygens (including phenoxy) is 2. The Morgan fingerprint density at radius 1 is 0.914 bits per heavy atom. The number of rotatable bonds is 9. The molecule has 1 aliphatic heterocycles. The topological polar surface area (TPSA) is 76.2 Å². The molecule has 7 nitrogen and oxygen atoms in total. The van der Waals surface area contributed by atoms with Gasteiger partial charge < -0.3 is 14.4 Å². The number of halogens is 1. The summed E-state index contributed by atoms with van der Waals surface area (Å²) in [6, 6.07) is 23.8. The molecule has 1 fully saturated rings. The maximum Gasteiger partial charge on any atom is 0.261 e. The highest BCUT2D eigenvalue weighted by atomic mass is 35.5. The van der Waals surface area contributed by atoms with E-state index in [2.05, 4.69) is 0 Å². The van der Waals surface area contributed by atoms with Gasteiger partial charge in [0.25, 0.3) is 5.91 Å². The summed E-state index contributed by atoms with van der Waals surface area (Å²) in [7, 11) is -3.68. The Kier molecular flexibility index (Phi) is 8.41. The maximum atomic E-state index is 13.1. The van der Waals surface area contributed by atoms with Gasteiger partial charge in [0, 0.05) is 26.2 Å². The number of amides is 1. The van der Waals surface area contributed by atoms with Crippen molar-refractivity contribution in [2.45, 2.75) is 18.0 Å². The van der Waals surface area contributed by atoms with Crippen LogP contribution in [0.5, 0.6) is 5.75 Å². The molecular weight excluding hydrogens is 488 g/mol. The van der Waals surface area contributed by atoms with Crippen LogP contribution in [0.25, 0.3) is 0 Å². The van der Waals surface area contributed by atoms with Crippen LogP contribution >= 0.6 is 11.6 Å². The van der Waals surface area contributed by atoms with Gasteiger partial charge in [-0.25, -0.2) is 8.42 Å². The number of hydrogen-bond donors (Lipinski definition) is 0. The van der Waals surface area contributed by atoms with Crippen LogP contribution in [0.3, 0.4) is 0 Å². The lowest BCUT2D eigenvalue weighted by Crippen LogP contribution is -2.40. The average molecular weight is 515 g/mol. The highest BCUT2D eigenvalue weighted by molar-refractivity contribution is 7.89. The fraction of sp³-hybridized carbons (Fsp3) is 0.269. The fourth-order valence-corrected chi connectivity index (χ4v) is 5.50. The molecule has 1 heterocycles. The van der Waals surface area contributed by atoms with E-state index in [4.69, 9.17) is 21.1 Å². The van der Waals surface area contributed by atoms with Crippen LogP contribution < -0.4 is 4.74 Å². The Labute approximate surface area is 210 Å². The number of morpholine rings is 1. The van der Waals surface area contributed by atoms with Crippen LogP contribution in [-0.4, -0.2) is 56.4 Å². The minimum absolute atomic E-state index is 0.0814. The Morgan fingerprint density at radius 3 is 2.03 bits per heavy atom. The summed E-state index contributed by atoms with van der Waals surface area (Å²) < 4.78 is 38.0. The van der Waals surface area contributed by atoms with Gasteiger partial charge in [-0.15, -0.1) is 0 Å². The van der Waals surface area contributed by atoms with Gasteiger partial charge in [-0.1, -0.05) is 72.3 Å². The van der Waals surface area contributed by atoms with E-state index in [1.54, 1.807) is 4.90 Å². The number of benzene rings is 3. The zero-order valence-corrected chi connectivity index (χ0v) is 20.7. The van der Waals surface area contributed by atoms with Gasteiger partial charge in [0.1, 0.15) is 5.75 Å². The lowest BCUT2D eigenvalue weighted by molar-refractivity contribution is -0.134. The molecule has 3 aromatic carbocycles. The van der Waals surface area contributed by atoms with E-state index in [0.29, 0.717) is 39.4 Å². The molecular formula is C26H27ClN2O5S. The number of carbonyl (C=O) groups is 1. The predicted molar refractivity (Wildman–Crippen MR) is 134 cm³/mol. The van der Waals surface area contributed by atoms with Gasteiger partial charge >= 0.3 is 0 Å². The molecule has 0 spiro atoms. The number of sulfonamides is 1. The standard InChI is InChI=1S/C26H27ClN2O5S/c27-24-17-23(35(31,32)29-13-15-33-16-14-29)11-12-25(24)34-20-26(30)28(18-21-7-3-1-4-8-21)19-22-9-5-2-6-10-22/h1-12,17H,13-16,18-20H2. The van der Waals surface area contributed by atoms with Gasteiger partial charge in [-0.3, -0.25) is 4.79 Å². The van der Waals surface area contributed by atoms with E-state index < -0.39 is 10.0 Å². The molecule has 1 amide bonds. The molecule has 1 aliphatic rings. The van der Waals surface area contributed by atoms with Crippen molar-refractivity contribution >= 4 is 27.5 Å². The Morgan fingerprint density at radius 2 is 1.49 bits per heavy atom. The summed E-state index contributed by atoms with van der Waals surface area (Å²) in [5.41, 5.74) is 2.01. The monoisotopic (exact) mass is 514 g/mol. The van der Waals surface area contributed by atoms with Crippen molar-refractivity contribution < 1.29 is 22.7 Å². The molecule has 4 rings (SSSR count). The van der Waals surface area contributed by atoms with Crippen molar-refractivity contribution in [3.05, 3.63) is 95.0 Å². The molecule has 0 aromatic heterocycles. The molecule has 35 heavy (non-hydrogen) atoms. The van der Waals surface area contributed by atoms with Crippen LogP contribution in [0.4, 0.5) is 0 Å². The quantitative estimate of drug-likeness (QED) is 0.432. The Hall–Kier alpha value is -2.91. The lowest BCUT2D eigenvalue weighted by atomic mass is 10.1. The molecule has 0 atom stereocenters. The van der Waals surface area contributed by atoms with E-state index >= 15 is 0 Å². The summed E-state index contributed by atoms with van der Waals surface area (Å²) in [5.74, 6) is 0.0408. The molecule has 0 bridgehead atoms. The van der Waals surface area contributed by atoms with E-state index in [0.717, 1.165) is 11.1 Å². The molecule has 1 saturated heterocycles. The average Bonchev–Trinajstić information content (AvgIpc) is 2.89. The van der Waals surface area contributed by atoms with Gasteiger partial charge in [0.15, 0.2) is 6.61 Å². The summed E-state index contributed by atoms with van der Waals surface area (Å²) in [6.07, 6.45) is 0. The molecule has 0 saturated carbocycles. The smallest absolute Gasteiger partial charge is 0.261 e.